The Kier molecular flexibility index (Phi) is 14.4. The lowest BCUT2D eigenvalue weighted by Gasteiger charge is -2.29. The number of benzene rings is 4. The lowest BCUT2D eigenvalue weighted by Crippen LogP contribution is -2.59. The highest BCUT2D eigenvalue weighted by molar-refractivity contribution is 5.96. The molecule has 0 saturated heterocycles. The summed E-state index contributed by atoms with van der Waals surface area (Å²) in [4.78, 5) is 81.4. The van der Waals surface area contributed by atoms with Gasteiger partial charge in [0.1, 0.15) is 24.2 Å². The van der Waals surface area contributed by atoms with Crippen LogP contribution >= 0.6 is 0 Å². The number of rotatable bonds is 8. The normalized spacial score (nSPS) is 21.7. The van der Waals surface area contributed by atoms with E-state index in [0.717, 1.165) is 54.4 Å². The number of hydrogen-bond acceptors (Lipinski definition) is 6. The molecule has 6 N–H and O–H groups in total. The van der Waals surface area contributed by atoms with E-state index in [1.165, 1.54) is 0 Å². The van der Waals surface area contributed by atoms with Crippen LogP contribution in [0.3, 0.4) is 0 Å². The molecule has 0 aromatic heterocycles. The van der Waals surface area contributed by atoms with Crippen LogP contribution in [0.5, 0.6) is 0 Å². The quantitative estimate of drug-likeness (QED) is 0.134. The maximum absolute atomic E-state index is 14.5. The summed E-state index contributed by atoms with van der Waals surface area (Å²) in [7, 11) is 0. The first-order valence-electron chi connectivity index (χ1n) is 20.1. The number of anilines is 1. The summed E-state index contributed by atoms with van der Waals surface area (Å²) >= 11 is 0. The molecule has 1 fully saturated rings. The van der Waals surface area contributed by atoms with E-state index in [2.05, 4.69) is 26.6 Å². The van der Waals surface area contributed by atoms with Crippen LogP contribution in [0.4, 0.5) is 5.69 Å². The van der Waals surface area contributed by atoms with Crippen LogP contribution in [-0.4, -0.2) is 64.8 Å². The molecule has 5 amide bonds. The number of carboxylic acids is 1. The lowest BCUT2D eigenvalue weighted by atomic mass is 9.84. The number of carbonyl (C=O) groups excluding carboxylic acids is 5. The van der Waals surface area contributed by atoms with Crippen molar-refractivity contribution in [2.45, 2.75) is 94.8 Å². The zero-order valence-corrected chi connectivity index (χ0v) is 32.5. The minimum absolute atomic E-state index is 0.0476. The third-order valence-electron chi connectivity index (χ3n) is 10.9. The van der Waals surface area contributed by atoms with Gasteiger partial charge < -0.3 is 31.7 Å². The summed E-state index contributed by atoms with van der Waals surface area (Å²) in [5.74, 6) is -3.86. The van der Waals surface area contributed by atoms with Crippen molar-refractivity contribution in [3.63, 3.8) is 0 Å². The molecule has 4 aromatic rings. The largest absolute Gasteiger partial charge is 0.480 e. The highest BCUT2D eigenvalue weighted by Crippen LogP contribution is 2.28. The third kappa shape index (κ3) is 12.1. The van der Waals surface area contributed by atoms with Crippen molar-refractivity contribution in [3.8, 4) is 11.1 Å². The first kappa shape index (κ1) is 41.3. The van der Waals surface area contributed by atoms with E-state index in [1.807, 2.05) is 60.7 Å². The zero-order chi connectivity index (χ0) is 40.9. The van der Waals surface area contributed by atoms with Gasteiger partial charge in [0, 0.05) is 37.8 Å². The fraction of sp³-hybridized carbons (Fsp3) is 0.348. The van der Waals surface area contributed by atoms with Gasteiger partial charge in [-0.05, 0) is 52.3 Å². The number of nitrogens with one attached hydrogen (secondary N) is 5. The number of aliphatic carboxylic acids is 1. The Morgan fingerprint density at radius 1 is 0.552 bits per heavy atom. The van der Waals surface area contributed by atoms with Gasteiger partial charge in [0.2, 0.25) is 29.5 Å². The minimum atomic E-state index is -1.34. The Morgan fingerprint density at radius 3 is 1.71 bits per heavy atom. The fourth-order valence-electron chi connectivity index (χ4n) is 7.65. The van der Waals surface area contributed by atoms with Crippen LogP contribution in [0.15, 0.2) is 109 Å². The van der Waals surface area contributed by atoms with E-state index < -0.39 is 59.7 Å². The van der Waals surface area contributed by atoms with Gasteiger partial charge in [-0.25, -0.2) is 4.79 Å². The molecule has 1 aliphatic carbocycles. The number of carbonyl (C=O) groups is 6. The van der Waals surface area contributed by atoms with Crippen molar-refractivity contribution in [1.29, 1.82) is 0 Å². The second-order valence-electron chi connectivity index (χ2n) is 15.3. The van der Waals surface area contributed by atoms with Crippen molar-refractivity contribution in [3.05, 3.63) is 126 Å². The Bertz CT molecular complexity index is 2030. The molecule has 2 bridgehead atoms. The Labute approximate surface area is 338 Å². The van der Waals surface area contributed by atoms with Crippen LogP contribution in [-0.2, 0) is 48.0 Å². The Hall–Kier alpha value is -6.30. The van der Waals surface area contributed by atoms with E-state index in [1.54, 1.807) is 48.5 Å². The molecular formula is C46H51N5O7. The van der Waals surface area contributed by atoms with Crippen molar-refractivity contribution < 1.29 is 33.9 Å². The number of hydrogen-bond donors (Lipinski definition) is 6. The minimum Gasteiger partial charge on any atom is -0.480 e. The van der Waals surface area contributed by atoms with E-state index >= 15 is 0 Å². The summed E-state index contributed by atoms with van der Waals surface area (Å²) < 4.78 is 0. The molecule has 3 aliphatic rings. The van der Waals surface area contributed by atoms with Gasteiger partial charge in [-0.2, -0.15) is 0 Å². The molecule has 0 radical (unpaired) electrons. The first-order valence-corrected chi connectivity index (χ1v) is 20.1. The van der Waals surface area contributed by atoms with Gasteiger partial charge >= 0.3 is 5.97 Å². The number of fused-ring (bicyclic) bond motifs is 18. The Morgan fingerprint density at radius 2 is 1.09 bits per heavy atom. The van der Waals surface area contributed by atoms with Crippen LogP contribution in [0.1, 0.15) is 68.1 Å². The van der Waals surface area contributed by atoms with E-state index in [-0.39, 0.29) is 38.0 Å². The molecule has 58 heavy (non-hydrogen) atoms. The summed E-state index contributed by atoms with van der Waals surface area (Å²) in [6.07, 6.45) is 5.07. The molecule has 0 spiro atoms. The van der Waals surface area contributed by atoms with Crippen LogP contribution in [0.2, 0.25) is 0 Å². The van der Waals surface area contributed by atoms with Crippen LogP contribution in [0.25, 0.3) is 11.1 Å². The van der Waals surface area contributed by atoms with Gasteiger partial charge in [0.15, 0.2) is 0 Å². The molecule has 302 valence electrons. The second-order valence-corrected chi connectivity index (χ2v) is 15.3. The van der Waals surface area contributed by atoms with Crippen LogP contribution in [0, 0.1) is 5.92 Å². The molecule has 7 rings (SSSR count). The summed E-state index contributed by atoms with van der Waals surface area (Å²) in [6.45, 7) is 0. The van der Waals surface area contributed by atoms with Gasteiger partial charge in [-0.3, -0.25) is 24.0 Å². The molecule has 0 unspecified atom stereocenters. The lowest BCUT2D eigenvalue weighted by molar-refractivity contribution is -0.142. The third-order valence-corrected chi connectivity index (χ3v) is 10.9. The van der Waals surface area contributed by atoms with Crippen molar-refractivity contribution >= 4 is 41.2 Å². The molecule has 12 nitrogen and oxygen atoms in total. The van der Waals surface area contributed by atoms with Crippen molar-refractivity contribution in [2.75, 3.05) is 5.32 Å². The zero-order valence-electron chi connectivity index (χ0n) is 32.5. The maximum Gasteiger partial charge on any atom is 0.326 e. The molecule has 1 saturated carbocycles. The fourth-order valence-corrected chi connectivity index (χ4v) is 7.65. The summed E-state index contributed by atoms with van der Waals surface area (Å²) in [5, 5.41) is 24.2. The van der Waals surface area contributed by atoms with Crippen molar-refractivity contribution in [1.82, 2.24) is 21.3 Å². The topological polar surface area (TPSA) is 183 Å². The molecule has 4 aromatic carbocycles. The van der Waals surface area contributed by atoms with Gasteiger partial charge in [0.05, 0.1) is 0 Å². The molecule has 12 heteroatoms. The predicted octanol–water partition coefficient (Wildman–Crippen LogP) is 5.11. The monoisotopic (exact) mass is 785 g/mol. The molecule has 2 aliphatic heterocycles. The maximum atomic E-state index is 14.5. The first-order chi connectivity index (χ1) is 28.1. The van der Waals surface area contributed by atoms with Gasteiger partial charge in [-0.1, -0.05) is 129 Å². The SMILES string of the molecule is O=C1CCC(=O)N[C@H](CC2CCCCC2)C(=O)N[C@@H](Cc2ccc(-c3ccccc3)cc2)C(=O)N[C@H](Cc2ccccc2)C(=O)N[C@H](C(=O)O)Cc2ccc(cc2)N1. The second kappa shape index (κ2) is 20.2. The van der Waals surface area contributed by atoms with E-state index in [9.17, 15) is 33.9 Å². The van der Waals surface area contributed by atoms with E-state index in [0.29, 0.717) is 17.7 Å². The van der Waals surface area contributed by atoms with Gasteiger partial charge in [-0.15, -0.1) is 0 Å². The van der Waals surface area contributed by atoms with E-state index in [4.69, 9.17) is 0 Å². The molecule has 4 atom stereocenters. The van der Waals surface area contributed by atoms with Crippen LogP contribution < -0.4 is 26.6 Å². The number of carboxylic acid groups (broad SMARTS) is 1. The average molecular weight is 786 g/mol. The summed E-state index contributed by atoms with van der Waals surface area (Å²) in [6, 6.07) is 28.3. The predicted molar refractivity (Wildman–Crippen MR) is 220 cm³/mol. The molecule has 2 heterocycles. The molecular weight excluding hydrogens is 735 g/mol. The standard InChI is InChI=1S/C46H51N5O7/c52-41-24-25-42(53)48-37(26-30-10-4-1-5-11-30)43(54)49-39(28-32-16-20-35(21-17-32)34-14-8-3-9-15-34)44(55)50-38(27-31-12-6-2-7-13-31)45(56)51-40(46(57)58)29-33-18-22-36(47-41)23-19-33/h2-3,6-9,12-23,30,37-40H,1,4-5,10-11,24-29H2,(H,47,52)(H,48,53)(H,49,54)(H,50,55)(H,51,56)(H,57,58)/t37-,38-,39+,40+/m1/s1. The average Bonchev–Trinajstić information content (AvgIpc) is 3.23. The smallest absolute Gasteiger partial charge is 0.326 e. The highest BCUT2D eigenvalue weighted by atomic mass is 16.4. The Balaban J connectivity index is 1.33. The highest BCUT2D eigenvalue weighted by Gasteiger charge is 2.33. The summed E-state index contributed by atoms with van der Waals surface area (Å²) in [5.41, 5.74) is 4.50. The number of amides is 5. The van der Waals surface area contributed by atoms with Crippen molar-refractivity contribution in [2.24, 2.45) is 5.92 Å². The van der Waals surface area contributed by atoms with Gasteiger partial charge in [0.25, 0.3) is 0 Å².